The van der Waals surface area contributed by atoms with Crippen molar-refractivity contribution in [1.29, 1.82) is 0 Å². The van der Waals surface area contributed by atoms with Gasteiger partial charge in [-0.05, 0) is 37.3 Å². The maximum atomic E-state index is 12.3. The summed E-state index contributed by atoms with van der Waals surface area (Å²) in [6, 6.07) is 8.55. The van der Waals surface area contributed by atoms with Gasteiger partial charge in [0.2, 0.25) is 0 Å². The number of hydrogen-bond acceptors (Lipinski definition) is 4. The largest absolute Gasteiger partial charge is 0.381 e. The zero-order valence-electron chi connectivity index (χ0n) is 15.1. The zero-order valence-corrected chi connectivity index (χ0v) is 16.0. The van der Waals surface area contributed by atoms with E-state index in [1.165, 1.54) is 0 Å². The average Bonchev–Trinajstić information content (AvgIpc) is 2.65. The molecule has 7 heteroatoms. The summed E-state index contributed by atoms with van der Waals surface area (Å²) >= 11 is 0. The van der Waals surface area contributed by atoms with Crippen LogP contribution in [-0.4, -0.2) is 65.4 Å². The van der Waals surface area contributed by atoms with Crippen molar-refractivity contribution < 1.29 is 13.2 Å². The summed E-state index contributed by atoms with van der Waals surface area (Å²) in [5, 5.41) is 3.15. The van der Waals surface area contributed by atoms with Gasteiger partial charge in [-0.25, -0.2) is 8.42 Å². The monoisotopic (exact) mass is 367 g/mol. The number of aliphatic imine (C=N–C) groups is 1. The number of hydrogen-bond donors (Lipinski definition) is 1. The topological polar surface area (TPSA) is 71.0 Å². The number of nitrogens with zero attached hydrogens (tertiary/aromatic N) is 2. The number of benzene rings is 1. The fourth-order valence-corrected chi connectivity index (χ4v) is 4.12. The molecule has 0 bridgehead atoms. The van der Waals surface area contributed by atoms with Gasteiger partial charge < -0.3 is 15.0 Å². The first-order valence-electron chi connectivity index (χ1n) is 8.80. The van der Waals surface area contributed by atoms with Gasteiger partial charge in [0.1, 0.15) is 0 Å². The van der Waals surface area contributed by atoms with Crippen molar-refractivity contribution in [3.63, 3.8) is 0 Å². The molecular weight excluding hydrogens is 338 g/mol. The van der Waals surface area contributed by atoms with Gasteiger partial charge in [0.15, 0.2) is 15.8 Å². The van der Waals surface area contributed by atoms with E-state index >= 15 is 0 Å². The van der Waals surface area contributed by atoms with Crippen molar-refractivity contribution in [3.05, 3.63) is 30.3 Å². The SMILES string of the molecule is CN=C(NCCS(=O)(=O)c1ccccc1)N(C)CCC1CCOCC1. The molecule has 1 fully saturated rings. The molecule has 0 aliphatic carbocycles. The molecule has 140 valence electrons. The Labute approximate surface area is 151 Å². The van der Waals surface area contributed by atoms with E-state index in [1.807, 2.05) is 13.1 Å². The van der Waals surface area contributed by atoms with E-state index in [2.05, 4.69) is 15.2 Å². The third-order valence-electron chi connectivity index (χ3n) is 4.54. The molecule has 1 aliphatic heterocycles. The lowest BCUT2D eigenvalue weighted by molar-refractivity contribution is 0.0625. The fourth-order valence-electron chi connectivity index (χ4n) is 2.94. The third-order valence-corrected chi connectivity index (χ3v) is 6.28. The van der Waals surface area contributed by atoms with Crippen molar-refractivity contribution in [1.82, 2.24) is 10.2 Å². The van der Waals surface area contributed by atoms with Crippen LogP contribution in [0, 0.1) is 5.92 Å². The van der Waals surface area contributed by atoms with Gasteiger partial charge in [-0.1, -0.05) is 18.2 Å². The second-order valence-electron chi connectivity index (χ2n) is 6.37. The molecule has 0 saturated carbocycles. The van der Waals surface area contributed by atoms with E-state index < -0.39 is 9.84 Å². The minimum absolute atomic E-state index is 0.0455. The van der Waals surface area contributed by atoms with Crippen molar-refractivity contribution >= 4 is 15.8 Å². The Hall–Kier alpha value is -1.60. The van der Waals surface area contributed by atoms with Gasteiger partial charge in [0, 0.05) is 40.4 Å². The first-order chi connectivity index (χ1) is 12.0. The van der Waals surface area contributed by atoms with E-state index in [0.717, 1.165) is 45.0 Å². The van der Waals surface area contributed by atoms with E-state index in [9.17, 15) is 8.42 Å². The van der Waals surface area contributed by atoms with Gasteiger partial charge in [-0.15, -0.1) is 0 Å². The Kier molecular flexibility index (Phi) is 7.71. The molecule has 1 saturated heterocycles. The summed E-state index contributed by atoms with van der Waals surface area (Å²) in [4.78, 5) is 6.68. The molecule has 25 heavy (non-hydrogen) atoms. The zero-order chi connectivity index (χ0) is 18.1. The average molecular weight is 368 g/mol. The lowest BCUT2D eigenvalue weighted by atomic mass is 9.96. The van der Waals surface area contributed by atoms with Crippen LogP contribution in [0.2, 0.25) is 0 Å². The molecule has 0 unspecified atom stereocenters. The second kappa shape index (κ2) is 9.77. The predicted octanol–water partition coefficient (Wildman–Crippen LogP) is 1.78. The van der Waals surface area contributed by atoms with Crippen LogP contribution < -0.4 is 5.32 Å². The minimum atomic E-state index is -3.27. The maximum absolute atomic E-state index is 12.3. The summed E-state index contributed by atoms with van der Waals surface area (Å²) in [7, 11) is 0.438. The smallest absolute Gasteiger partial charge is 0.193 e. The lowest BCUT2D eigenvalue weighted by Crippen LogP contribution is -2.41. The molecule has 1 N–H and O–H groups in total. The quantitative estimate of drug-likeness (QED) is 0.588. The van der Waals surface area contributed by atoms with Gasteiger partial charge in [0.05, 0.1) is 10.6 Å². The number of guanidine groups is 1. The summed E-state index contributed by atoms with van der Waals surface area (Å²) in [6.45, 7) is 2.96. The molecule has 6 nitrogen and oxygen atoms in total. The maximum Gasteiger partial charge on any atom is 0.193 e. The molecule has 0 spiro atoms. The Morgan fingerprint density at radius 1 is 1.28 bits per heavy atom. The molecular formula is C18H29N3O3S. The van der Waals surface area contributed by atoms with E-state index in [0.29, 0.717) is 17.4 Å². The molecule has 0 atom stereocenters. The normalized spacial score (nSPS) is 16.6. The Bertz CT molecular complexity index is 641. The number of nitrogens with one attached hydrogen (secondary N) is 1. The number of rotatable bonds is 7. The van der Waals surface area contributed by atoms with E-state index in [1.54, 1.807) is 31.3 Å². The van der Waals surface area contributed by atoms with Crippen LogP contribution in [-0.2, 0) is 14.6 Å². The van der Waals surface area contributed by atoms with Crippen LogP contribution in [0.25, 0.3) is 0 Å². The highest BCUT2D eigenvalue weighted by atomic mass is 32.2. The molecule has 1 aliphatic rings. The molecule has 0 aromatic heterocycles. The predicted molar refractivity (Wildman–Crippen MR) is 101 cm³/mol. The molecule has 2 rings (SSSR count). The highest BCUT2D eigenvalue weighted by Gasteiger charge is 2.17. The number of sulfone groups is 1. The van der Waals surface area contributed by atoms with Gasteiger partial charge in [-0.2, -0.15) is 0 Å². The molecule has 1 heterocycles. The molecule has 1 aromatic carbocycles. The summed E-state index contributed by atoms with van der Waals surface area (Å²) in [5.74, 6) is 1.48. The Morgan fingerprint density at radius 2 is 1.96 bits per heavy atom. The highest BCUT2D eigenvalue weighted by Crippen LogP contribution is 2.18. The van der Waals surface area contributed by atoms with Crippen molar-refractivity contribution in [2.75, 3.05) is 46.2 Å². The lowest BCUT2D eigenvalue weighted by Gasteiger charge is -2.26. The van der Waals surface area contributed by atoms with Crippen LogP contribution >= 0.6 is 0 Å². The Morgan fingerprint density at radius 3 is 2.60 bits per heavy atom. The molecule has 0 amide bonds. The highest BCUT2D eigenvalue weighted by molar-refractivity contribution is 7.91. The van der Waals surface area contributed by atoms with E-state index in [4.69, 9.17) is 4.74 Å². The fraction of sp³-hybridized carbons (Fsp3) is 0.611. The van der Waals surface area contributed by atoms with Crippen molar-refractivity contribution in [3.8, 4) is 0 Å². The van der Waals surface area contributed by atoms with E-state index in [-0.39, 0.29) is 5.75 Å². The first kappa shape index (κ1) is 19.7. The van der Waals surface area contributed by atoms with Gasteiger partial charge >= 0.3 is 0 Å². The minimum Gasteiger partial charge on any atom is -0.381 e. The van der Waals surface area contributed by atoms with Crippen molar-refractivity contribution in [2.45, 2.75) is 24.2 Å². The summed E-state index contributed by atoms with van der Waals surface area (Å²) in [5.41, 5.74) is 0. The van der Waals surface area contributed by atoms with Crippen LogP contribution in [0.5, 0.6) is 0 Å². The van der Waals surface area contributed by atoms with Gasteiger partial charge in [-0.3, -0.25) is 4.99 Å². The molecule has 1 aromatic rings. The molecule has 0 radical (unpaired) electrons. The summed E-state index contributed by atoms with van der Waals surface area (Å²) < 4.78 is 30.0. The second-order valence-corrected chi connectivity index (χ2v) is 8.48. The first-order valence-corrected chi connectivity index (χ1v) is 10.5. The van der Waals surface area contributed by atoms with Gasteiger partial charge in [0.25, 0.3) is 0 Å². The summed E-state index contributed by atoms with van der Waals surface area (Å²) in [6.07, 6.45) is 3.34. The van der Waals surface area contributed by atoms with Crippen LogP contribution in [0.1, 0.15) is 19.3 Å². The Balaban J connectivity index is 1.77. The van der Waals surface area contributed by atoms with Crippen LogP contribution in [0.4, 0.5) is 0 Å². The van der Waals surface area contributed by atoms with Crippen LogP contribution in [0.3, 0.4) is 0 Å². The van der Waals surface area contributed by atoms with Crippen LogP contribution in [0.15, 0.2) is 40.2 Å². The number of ether oxygens (including phenoxy) is 1. The standard InChI is InChI=1S/C18H29N3O3S/c1-19-18(21(2)12-8-16-9-13-24-14-10-16)20-11-15-25(22,23)17-6-4-3-5-7-17/h3-7,16H,8-15H2,1-2H3,(H,19,20). The van der Waals surface area contributed by atoms with Crippen molar-refractivity contribution in [2.24, 2.45) is 10.9 Å². The third kappa shape index (κ3) is 6.32.